The molecule has 1 aromatic carbocycles. The van der Waals surface area contributed by atoms with E-state index in [4.69, 9.17) is 5.11 Å². The lowest BCUT2D eigenvalue weighted by atomic mass is 10.0. The molecule has 0 aliphatic carbocycles. The van der Waals surface area contributed by atoms with Gasteiger partial charge in [0.05, 0.1) is 0 Å². The Morgan fingerprint density at radius 2 is 1.82 bits per heavy atom. The highest BCUT2D eigenvalue weighted by Gasteiger charge is 2.20. The van der Waals surface area contributed by atoms with Crippen LogP contribution in [0.4, 0.5) is 8.78 Å². The van der Waals surface area contributed by atoms with Gasteiger partial charge in [0, 0.05) is 12.1 Å². The van der Waals surface area contributed by atoms with Gasteiger partial charge in [0.25, 0.3) is 5.91 Å². The normalized spacial score (nSPS) is 10.6. The maximum atomic E-state index is 12.4. The van der Waals surface area contributed by atoms with Crippen LogP contribution >= 0.6 is 0 Å². The summed E-state index contributed by atoms with van der Waals surface area (Å²) < 4.78 is 29.1. The van der Waals surface area contributed by atoms with E-state index in [0.29, 0.717) is 24.1 Å². The van der Waals surface area contributed by atoms with Crippen molar-refractivity contribution in [2.75, 3.05) is 13.1 Å². The molecule has 0 saturated heterocycles. The lowest BCUT2D eigenvalue weighted by molar-refractivity contribution is -0.137. The Hall–Kier alpha value is -2.18. The summed E-state index contributed by atoms with van der Waals surface area (Å²) in [7, 11) is 0. The third-order valence-corrected chi connectivity index (χ3v) is 3.02. The first-order valence-corrected chi connectivity index (χ1v) is 6.83. The van der Waals surface area contributed by atoms with E-state index in [1.54, 1.807) is 13.8 Å². The van der Waals surface area contributed by atoms with E-state index in [9.17, 15) is 18.4 Å². The predicted octanol–water partition coefficient (Wildman–Crippen LogP) is 2.84. The number of nitrogens with zero attached hydrogens (tertiary/aromatic N) is 1. The smallest absolute Gasteiger partial charge is 0.387 e. The molecule has 0 heterocycles. The number of carbonyl (C=O) groups excluding carboxylic acids is 1. The molecule has 0 atom stereocenters. The maximum absolute atomic E-state index is 12.4. The van der Waals surface area contributed by atoms with Gasteiger partial charge in [-0.25, -0.2) is 0 Å². The minimum absolute atomic E-state index is 0.0341. The zero-order valence-electron chi connectivity index (χ0n) is 12.7. The first kappa shape index (κ1) is 17.9. The second-order valence-electron chi connectivity index (χ2n) is 4.94. The molecular weight excluding hydrogens is 296 g/mol. The highest BCUT2D eigenvalue weighted by molar-refractivity contribution is 5.96. The monoisotopic (exact) mass is 315 g/mol. The lowest BCUT2D eigenvalue weighted by Gasteiger charge is -2.21. The number of rotatable bonds is 7. The van der Waals surface area contributed by atoms with E-state index in [1.807, 2.05) is 6.92 Å². The molecule has 0 aliphatic heterocycles. The molecule has 0 unspecified atom stereocenters. The van der Waals surface area contributed by atoms with Crippen LogP contribution in [0.15, 0.2) is 12.1 Å². The Morgan fingerprint density at radius 3 is 2.23 bits per heavy atom. The van der Waals surface area contributed by atoms with E-state index < -0.39 is 25.0 Å². The lowest BCUT2D eigenvalue weighted by Crippen LogP contribution is -2.36. The van der Waals surface area contributed by atoms with Crippen LogP contribution in [-0.2, 0) is 4.79 Å². The molecule has 0 spiro atoms. The summed E-state index contributed by atoms with van der Waals surface area (Å²) in [5.41, 5.74) is 1.05. The van der Waals surface area contributed by atoms with E-state index in [1.165, 1.54) is 17.0 Å². The van der Waals surface area contributed by atoms with Gasteiger partial charge in [-0.05, 0) is 43.5 Å². The third-order valence-electron chi connectivity index (χ3n) is 3.02. The molecule has 0 bridgehead atoms. The van der Waals surface area contributed by atoms with Crippen molar-refractivity contribution >= 4 is 11.9 Å². The molecule has 7 heteroatoms. The maximum Gasteiger partial charge on any atom is 0.387 e. The molecule has 1 amide bonds. The van der Waals surface area contributed by atoms with Crippen LogP contribution in [0.1, 0.15) is 34.8 Å². The quantitative estimate of drug-likeness (QED) is 0.840. The fourth-order valence-electron chi connectivity index (χ4n) is 2.22. The Balaban J connectivity index is 3.09. The number of benzene rings is 1. The van der Waals surface area contributed by atoms with Crippen molar-refractivity contribution in [1.82, 2.24) is 4.90 Å². The van der Waals surface area contributed by atoms with Crippen molar-refractivity contribution in [2.45, 2.75) is 33.8 Å². The fourth-order valence-corrected chi connectivity index (χ4v) is 2.22. The molecule has 1 N–H and O–H groups in total. The second-order valence-corrected chi connectivity index (χ2v) is 4.94. The van der Waals surface area contributed by atoms with Gasteiger partial charge in [0.2, 0.25) is 0 Å². The number of carboxylic acid groups (broad SMARTS) is 1. The summed E-state index contributed by atoms with van der Waals surface area (Å²) in [6.07, 6.45) is 0.615. The summed E-state index contributed by atoms with van der Waals surface area (Å²) >= 11 is 0. The average molecular weight is 315 g/mol. The average Bonchev–Trinajstić information content (AvgIpc) is 2.40. The first-order chi connectivity index (χ1) is 10.3. The minimum atomic E-state index is -2.94. The summed E-state index contributed by atoms with van der Waals surface area (Å²) in [4.78, 5) is 24.4. The number of alkyl halides is 2. The number of carbonyl (C=O) groups is 2. The molecule has 122 valence electrons. The van der Waals surface area contributed by atoms with Crippen LogP contribution in [0.3, 0.4) is 0 Å². The number of amides is 1. The van der Waals surface area contributed by atoms with Gasteiger partial charge in [-0.2, -0.15) is 8.78 Å². The number of ether oxygens (including phenoxy) is 1. The van der Waals surface area contributed by atoms with Crippen LogP contribution in [0.5, 0.6) is 5.75 Å². The standard InChI is InChI=1S/C15H19F2NO4/c1-4-5-18(8-12(19)20)14(21)11-6-9(2)13(10(3)7-11)22-15(16)17/h6-7,15H,4-5,8H2,1-3H3,(H,19,20). The van der Waals surface area contributed by atoms with E-state index in [0.717, 1.165) is 0 Å². The summed E-state index contributed by atoms with van der Waals surface area (Å²) in [6, 6.07) is 2.86. The van der Waals surface area contributed by atoms with Crippen molar-refractivity contribution in [3.63, 3.8) is 0 Å². The van der Waals surface area contributed by atoms with Crippen LogP contribution in [0, 0.1) is 13.8 Å². The Morgan fingerprint density at radius 1 is 1.27 bits per heavy atom. The number of aryl methyl sites for hydroxylation is 2. The second kappa shape index (κ2) is 7.72. The highest BCUT2D eigenvalue weighted by Crippen LogP contribution is 2.27. The molecule has 0 saturated carbocycles. The predicted molar refractivity (Wildman–Crippen MR) is 76.4 cm³/mol. The fraction of sp³-hybridized carbons (Fsp3) is 0.467. The highest BCUT2D eigenvalue weighted by atomic mass is 19.3. The van der Waals surface area contributed by atoms with Crippen molar-refractivity contribution < 1.29 is 28.2 Å². The van der Waals surface area contributed by atoms with Gasteiger partial charge in [0.15, 0.2) is 0 Å². The van der Waals surface area contributed by atoms with Gasteiger partial charge >= 0.3 is 12.6 Å². The Bertz CT molecular complexity index is 537. The summed E-state index contributed by atoms with van der Waals surface area (Å²) in [6.45, 7) is 1.91. The minimum Gasteiger partial charge on any atom is -0.480 e. The molecule has 5 nitrogen and oxygen atoms in total. The van der Waals surface area contributed by atoms with E-state index in [-0.39, 0.29) is 11.3 Å². The van der Waals surface area contributed by atoms with Crippen LogP contribution in [0.25, 0.3) is 0 Å². The van der Waals surface area contributed by atoms with Crippen LogP contribution < -0.4 is 4.74 Å². The molecule has 1 aromatic rings. The molecule has 0 aliphatic rings. The van der Waals surface area contributed by atoms with Crippen LogP contribution in [0.2, 0.25) is 0 Å². The number of aliphatic carboxylic acids is 1. The van der Waals surface area contributed by atoms with Crippen molar-refractivity contribution in [3.8, 4) is 5.75 Å². The number of hydrogen-bond donors (Lipinski definition) is 1. The molecule has 0 radical (unpaired) electrons. The topological polar surface area (TPSA) is 66.8 Å². The molecule has 0 aromatic heterocycles. The molecule has 1 rings (SSSR count). The number of halogens is 2. The van der Waals surface area contributed by atoms with Crippen LogP contribution in [-0.4, -0.2) is 41.6 Å². The zero-order valence-corrected chi connectivity index (χ0v) is 12.7. The zero-order chi connectivity index (χ0) is 16.9. The van der Waals surface area contributed by atoms with Gasteiger partial charge in [-0.15, -0.1) is 0 Å². The number of hydrogen-bond acceptors (Lipinski definition) is 3. The SMILES string of the molecule is CCCN(CC(=O)O)C(=O)c1cc(C)c(OC(F)F)c(C)c1. The third kappa shape index (κ3) is 4.68. The molecule has 0 fully saturated rings. The molecular formula is C15H19F2NO4. The molecule has 22 heavy (non-hydrogen) atoms. The Kier molecular flexibility index (Phi) is 6.27. The van der Waals surface area contributed by atoms with Crippen molar-refractivity contribution in [3.05, 3.63) is 28.8 Å². The van der Waals surface area contributed by atoms with Gasteiger partial charge in [0.1, 0.15) is 12.3 Å². The first-order valence-electron chi connectivity index (χ1n) is 6.83. The number of carboxylic acids is 1. The largest absolute Gasteiger partial charge is 0.480 e. The summed E-state index contributed by atoms with van der Waals surface area (Å²) in [5, 5.41) is 8.86. The van der Waals surface area contributed by atoms with Gasteiger partial charge in [-0.1, -0.05) is 6.92 Å². The van der Waals surface area contributed by atoms with Crippen molar-refractivity contribution in [1.29, 1.82) is 0 Å². The van der Waals surface area contributed by atoms with Crippen molar-refractivity contribution in [2.24, 2.45) is 0 Å². The summed E-state index contributed by atoms with van der Waals surface area (Å²) in [5.74, 6) is -1.52. The Labute approximate surface area is 127 Å². The van der Waals surface area contributed by atoms with E-state index >= 15 is 0 Å². The van der Waals surface area contributed by atoms with E-state index in [2.05, 4.69) is 4.74 Å². The van der Waals surface area contributed by atoms with Gasteiger partial charge < -0.3 is 14.7 Å². The van der Waals surface area contributed by atoms with Gasteiger partial charge in [-0.3, -0.25) is 9.59 Å².